The van der Waals surface area contributed by atoms with Crippen molar-refractivity contribution in [2.45, 2.75) is 31.9 Å². The minimum Gasteiger partial charge on any atom is -0.496 e. The highest BCUT2D eigenvalue weighted by Gasteiger charge is 2.38. The second-order valence-electron chi connectivity index (χ2n) is 5.27. The highest BCUT2D eigenvalue weighted by molar-refractivity contribution is 5.85. The molecular formula is C15H19NO5. The van der Waals surface area contributed by atoms with Gasteiger partial charge in [-0.05, 0) is 24.1 Å². The van der Waals surface area contributed by atoms with Gasteiger partial charge in [0.15, 0.2) is 0 Å². The molecule has 1 aliphatic heterocycles. The largest absolute Gasteiger partial charge is 0.496 e. The Morgan fingerprint density at radius 1 is 1.43 bits per heavy atom. The van der Waals surface area contributed by atoms with Gasteiger partial charge >= 0.3 is 5.97 Å². The summed E-state index contributed by atoms with van der Waals surface area (Å²) in [6, 6.07) is 4.50. The number of ether oxygens (including phenoxy) is 1. The Morgan fingerprint density at radius 2 is 2.14 bits per heavy atom. The van der Waals surface area contributed by atoms with Crippen molar-refractivity contribution in [2.24, 2.45) is 0 Å². The number of hydrogen-bond acceptors (Lipinski definition) is 4. The first-order chi connectivity index (χ1) is 9.92. The Bertz CT molecular complexity index is 557. The smallest absolute Gasteiger partial charge is 0.326 e. The van der Waals surface area contributed by atoms with Crippen LogP contribution in [-0.4, -0.2) is 52.8 Å². The van der Waals surface area contributed by atoms with Crippen LogP contribution in [0, 0.1) is 6.92 Å². The number of rotatable bonds is 4. The van der Waals surface area contributed by atoms with E-state index in [1.807, 2.05) is 19.1 Å². The number of carbonyl (C=O) groups excluding carboxylic acids is 1. The number of benzene rings is 1. The summed E-state index contributed by atoms with van der Waals surface area (Å²) in [6.45, 7) is 1.97. The number of β-amino-alcohol motifs (C(OH)–C–C–N with tert-alkyl or cyclic N) is 1. The van der Waals surface area contributed by atoms with E-state index < -0.39 is 18.1 Å². The number of hydrogen-bond donors (Lipinski definition) is 2. The van der Waals surface area contributed by atoms with Crippen LogP contribution in [0.4, 0.5) is 0 Å². The van der Waals surface area contributed by atoms with E-state index in [0.29, 0.717) is 5.75 Å². The first-order valence-corrected chi connectivity index (χ1v) is 6.76. The zero-order valence-corrected chi connectivity index (χ0v) is 12.1. The molecule has 1 aromatic carbocycles. The Morgan fingerprint density at radius 3 is 2.76 bits per heavy atom. The van der Waals surface area contributed by atoms with E-state index in [9.17, 15) is 14.7 Å². The number of carboxylic acid groups (broad SMARTS) is 1. The molecule has 1 amide bonds. The van der Waals surface area contributed by atoms with E-state index in [0.717, 1.165) is 11.1 Å². The lowest BCUT2D eigenvalue weighted by Crippen LogP contribution is -2.41. The van der Waals surface area contributed by atoms with Gasteiger partial charge in [-0.3, -0.25) is 4.79 Å². The second kappa shape index (κ2) is 6.13. The van der Waals surface area contributed by atoms with Crippen LogP contribution >= 0.6 is 0 Å². The van der Waals surface area contributed by atoms with Crippen LogP contribution in [0.15, 0.2) is 18.2 Å². The number of carbonyl (C=O) groups is 2. The first-order valence-electron chi connectivity index (χ1n) is 6.76. The molecule has 0 unspecified atom stereocenters. The summed E-state index contributed by atoms with van der Waals surface area (Å²) in [5.41, 5.74) is 1.72. The summed E-state index contributed by atoms with van der Waals surface area (Å²) in [7, 11) is 1.56. The summed E-state index contributed by atoms with van der Waals surface area (Å²) >= 11 is 0. The SMILES string of the molecule is COc1cc(CC(=O)N2C[C@H](O)C[C@@H]2C(=O)O)ccc1C. The van der Waals surface area contributed by atoms with Crippen molar-refractivity contribution in [2.75, 3.05) is 13.7 Å². The van der Waals surface area contributed by atoms with Crippen molar-refractivity contribution in [1.82, 2.24) is 4.90 Å². The molecule has 2 N–H and O–H groups in total. The number of likely N-dealkylation sites (tertiary alicyclic amines) is 1. The standard InChI is InChI=1S/C15H19NO5/c1-9-3-4-10(5-13(9)21-2)6-14(18)16-8-11(17)7-12(16)15(19)20/h3-5,11-12,17H,6-8H2,1-2H3,(H,19,20)/t11-,12-/m1/s1. The van der Waals surface area contributed by atoms with Gasteiger partial charge in [0.25, 0.3) is 0 Å². The van der Waals surface area contributed by atoms with Gasteiger partial charge in [0.2, 0.25) is 5.91 Å². The van der Waals surface area contributed by atoms with Crippen LogP contribution in [0.3, 0.4) is 0 Å². The highest BCUT2D eigenvalue weighted by atomic mass is 16.5. The Hall–Kier alpha value is -2.08. The Labute approximate surface area is 122 Å². The number of amides is 1. The monoisotopic (exact) mass is 293 g/mol. The van der Waals surface area contributed by atoms with Crippen LogP contribution in [0.1, 0.15) is 17.5 Å². The molecule has 0 radical (unpaired) electrons. The first kappa shape index (κ1) is 15.3. The van der Waals surface area contributed by atoms with Crippen molar-refractivity contribution in [3.8, 4) is 5.75 Å². The van der Waals surface area contributed by atoms with E-state index in [2.05, 4.69) is 0 Å². The molecule has 2 atom stereocenters. The number of aliphatic hydroxyl groups excluding tert-OH is 1. The molecule has 1 heterocycles. The van der Waals surface area contributed by atoms with Crippen molar-refractivity contribution in [3.63, 3.8) is 0 Å². The van der Waals surface area contributed by atoms with Crippen LogP contribution in [0.2, 0.25) is 0 Å². The van der Waals surface area contributed by atoms with E-state index in [-0.39, 0.29) is 25.3 Å². The number of aliphatic carboxylic acids is 1. The van der Waals surface area contributed by atoms with Gasteiger partial charge in [0, 0.05) is 13.0 Å². The fraction of sp³-hybridized carbons (Fsp3) is 0.467. The number of methoxy groups -OCH3 is 1. The summed E-state index contributed by atoms with van der Waals surface area (Å²) in [6.07, 6.45) is -0.603. The van der Waals surface area contributed by atoms with Gasteiger partial charge in [-0.25, -0.2) is 4.79 Å². The van der Waals surface area contributed by atoms with Crippen LogP contribution in [0.25, 0.3) is 0 Å². The van der Waals surface area contributed by atoms with Crippen molar-refractivity contribution >= 4 is 11.9 Å². The number of carboxylic acids is 1. The maximum absolute atomic E-state index is 12.3. The average molecular weight is 293 g/mol. The third kappa shape index (κ3) is 3.33. The summed E-state index contributed by atoms with van der Waals surface area (Å²) in [5.74, 6) is -0.692. The van der Waals surface area contributed by atoms with E-state index in [1.165, 1.54) is 4.90 Å². The van der Waals surface area contributed by atoms with Gasteiger partial charge in [-0.2, -0.15) is 0 Å². The highest BCUT2D eigenvalue weighted by Crippen LogP contribution is 2.22. The molecule has 1 aliphatic rings. The molecule has 21 heavy (non-hydrogen) atoms. The molecule has 0 bridgehead atoms. The molecule has 6 nitrogen and oxygen atoms in total. The van der Waals surface area contributed by atoms with Gasteiger partial charge in [0.1, 0.15) is 11.8 Å². The van der Waals surface area contributed by atoms with E-state index in [1.54, 1.807) is 13.2 Å². The number of nitrogens with zero attached hydrogens (tertiary/aromatic N) is 1. The summed E-state index contributed by atoms with van der Waals surface area (Å²) < 4.78 is 5.21. The Balaban J connectivity index is 2.12. The predicted molar refractivity (Wildman–Crippen MR) is 75.2 cm³/mol. The van der Waals surface area contributed by atoms with Gasteiger partial charge in [0.05, 0.1) is 19.6 Å². The lowest BCUT2D eigenvalue weighted by atomic mass is 10.1. The van der Waals surface area contributed by atoms with Gasteiger partial charge in [-0.15, -0.1) is 0 Å². The molecule has 1 saturated heterocycles. The molecule has 0 aromatic heterocycles. The molecule has 6 heteroatoms. The molecule has 114 valence electrons. The third-order valence-electron chi connectivity index (χ3n) is 3.71. The van der Waals surface area contributed by atoms with E-state index in [4.69, 9.17) is 9.84 Å². The fourth-order valence-corrected chi connectivity index (χ4v) is 2.57. The van der Waals surface area contributed by atoms with E-state index >= 15 is 0 Å². The molecule has 0 spiro atoms. The quantitative estimate of drug-likeness (QED) is 0.848. The normalized spacial score (nSPS) is 21.4. The molecule has 2 rings (SSSR count). The lowest BCUT2D eigenvalue weighted by Gasteiger charge is -2.21. The van der Waals surface area contributed by atoms with Crippen molar-refractivity contribution in [1.29, 1.82) is 0 Å². The zero-order chi connectivity index (χ0) is 15.6. The molecule has 1 fully saturated rings. The lowest BCUT2D eigenvalue weighted by molar-refractivity contribution is -0.148. The minimum atomic E-state index is -1.08. The molecule has 1 aromatic rings. The molecular weight excluding hydrogens is 274 g/mol. The zero-order valence-electron chi connectivity index (χ0n) is 12.1. The van der Waals surface area contributed by atoms with Crippen LogP contribution in [0.5, 0.6) is 5.75 Å². The topological polar surface area (TPSA) is 87.1 Å². The number of aryl methyl sites for hydroxylation is 1. The molecule has 0 saturated carbocycles. The van der Waals surface area contributed by atoms with Crippen LogP contribution < -0.4 is 4.74 Å². The van der Waals surface area contributed by atoms with Gasteiger partial charge in [-0.1, -0.05) is 12.1 Å². The average Bonchev–Trinajstić information content (AvgIpc) is 2.83. The van der Waals surface area contributed by atoms with Crippen molar-refractivity contribution in [3.05, 3.63) is 29.3 Å². The second-order valence-corrected chi connectivity index (χ2v) is 5.27. The van der Waals surface area contributed by atoms with Crippen molar-refractivity contribution < 1.29 is 24.5 Å². The van der Waals surface area contributed by atoms with Crippen LogP contribution in [-0.2, 0) is 16.0 Å². The minimum absolute atomic E-state index is 0.0683. The summed E-state index contributed by atoms with van der Waals surface area (Å²) in [5, 5.41) is 18.7. The maximum Gasteiger partial charge on any atom is 0.326 e. The maximum atomic E-state index is 12.3. The van der Waals surface area contributed by atoms with Gasteiger partial charge < -0.3 is 19.8 Å². The number of aliphatic hydroxyl groups is 1. The summed E-state index contributed by atoms with van der Waals surface area (Å²) in [4.78, 5) is 24.6. The molecule has 0 aliphatic carbocycles. The fourth-order valence-electron chi connectivity index (χ4n) is 2.57. The Kier molecular flexibility index (Phi) is 4.47. The predicted octanol–water partition coefficient (Wildman–Crippen LogP) is 0.593. The third-order valence-corrected chi connectivity index (χ3v) is 3.71.